The molecule has 0 aliphatic rings. The molecule has 0 bridgehead atoms. The summed E-state index contributed by atoms with van der Waals surface area (Å²) >= 11 is 0. The first-order chi connectivity index (χ1) is 6.43. The van der Waals surface area contributed by atoms with Gasteiger partial charge in [-0.15, -0.1) is 0 Å². The second-order valence-corrected chi connectivity index (χ2v) is 4.54. The van der Waals surface area contributed by atoms with Gasteiger partial charge in [-0.1, -0.05) is 30.3 Å². The zero-order chi connectivity index (χ0) is 10.8. The Morgan fingerprint density at radius 3 is 2.00 bits per heavy atom. The van der Waals surface area contributed by atoms with Crippen LogP contribution >= 0.6 is 0 Å². The number of ketones is 1. The summed E-state index contributed by atoms with van der Waals surface area (Å²) in [6.07, 6.45) is 0. The molecule has 2 heteroatoms. The maximum absolute atomic E-state index is 11.6. The highest BCUT2D eigenvalue weighted by Gasteiger charge is 2.29. The number of quaternary nitrogens is 1. The average Bonchev–Trinajstić information content (AvgIpc) is 2.02. The van der Waals surface area contributed by atoms with E-state index >= 15 is 0 Å². The first-order valence-corrected chi connectivity index (χ1v) is 4.79. The molecule has 1 aromatic carbocycles. The van der Waals surface area contributed by atoms with Crippen LogP contribution in [0.5, 0.6) is 0 Å². The molecule has 0 saturated carbocycles. The highest BCUT2D eigenvalue weighted by Crippen LogP contribution is 2.23. The summed E-state index contributed by atoms with van der Waals surface area (Å²) in [7, 11) is 6.12. The fourth-order valence-electron chi connectivity index (χ4n) is 1.86. The van der Waals surface area contributed by atoms with Crippen LogP contribution in [0, 0.1) is 0 Å². The third-order valence-corrected chi connectivity index (χ3v) is 2.27. The van der Waals surface area contributed by atoms with Gasteiger partial charge in [0.2, 0.25) is 0 Å². The van der Waals surface area contributed by atoms with E-state index in [1.165, 1.54) is 0 Å². The maximum atomic E-state index is 11.6. The van der Waals surface area contributed by atoms with Gasteiger partial charge in [-0.3, -0.25) is 4.79 Å². The smallest absolute Gasteiger partial charge is 0.191 e. The summed E-state index contributed by atoms with van der Waals surface area (Å²) in [5.74, 6) is 0.212. The molecule has 0 aromatic heterocycles. The topological polar surface area (TPSA) is 17.1 Å². The van der Waals surface area contributed by atoms with Gasteiger partial charge in [0.1, 0.15) is 0 Å². The lowest BCUT2D eigenvalue weighted by Crippen LogP contribution is -2.42. The Labute approximate surface area is 85.8 Å². The summed E-state index contributed by atoms with van der Waals surface area (Å²) in [5, 5.41) is 0. The van der Waals surface area contributed by atoms with Crippen LogP contribution in [0.15, 0.2) is 30.3 Å². The van der Waals surface area contributed by atoms with Crippen LogP contribution in [0.2, 0.25) is 0 Å². The van der Waals surface area contributed by atoms with Gasteiger partial charge in [-0.05, 0) is 0 Å². The molecule has 0 heterocycles. The molecule has 0 amide bonds. The number of hydrogen-bond donors (Lipinski definition) is 0. The van der Waals surface area contributed by atoms with Crippen LogP contribution in [0.1, 0.15) is 18.5 Å². The summed E-state index contributed by atoms with van der Waals surface area (Å²) in [5.41, 5.74) is 1.09. The monoisotopic (exact) mass is 192 g/mol. The first kappa shape index (κ1) is 10.9. The van der Waals surface area contributed by atoms with Crippen molar-refractivity contribution < 1.29 is 9.28 Å². The van der Waals surface area contributed by atoms with E-state index in [0.717, 1.165) is 5.56 Å². The predicted octanol–water partition coefficient (Wildman–Crippen LogP) is 2.02. The lowest BCUT2D eigenvalue weighted by atomic mass is 10.0. The standard InChI is InChI=1S/C12H18NO/c1-10(14)12(13(2,3)4)11-8-6-5-7-9-11/h5-9,12H,1-4H3/q+1/t12-/m0/s1. The number of carbonyl (C=O) groups is 1. The van der Waals surface area contributed by atoms with Crippen molar-refractivity contribution in [3.8, 4) is 0 Å². The Kier molecular flexibility index (Phi) is 3.06. The molecular weight excluding hydrogens is 174 g/mol. The van der Waals surface area contributed by atoms with Crippen LogP contribution in [-0.4, -0.2) is 31.4 Å². The molecule has 1 aromatic rings. The minimum Gasteiger partial charge on any atom is -0.318 e. The van der Waals surface area contributed by atoms with Gasteiger partial charge < -0.3 is 4.48 Å². The van der Waals surface area contributed by atoms with Crippen molar-refractivity contribution in [3.63, 3.8) is 0 Å². The van der Waals surface area contributed by atoms with Gasteiger partial charge >= 0.3 is 0 Å². The molecule has 0 saturated heterocycles. The molecule has 76 valence electrons. The Morgan fingerprint density at radius 2 is 1.64 bits per heavy atom. The molecule has 0 aliphatic carbocycles. The second-order valence-electron chi connectivity index (χ2n) is 4.54. The highest BCUT2D eigenvalue weighted by molar-refractivity contribution is 5.81. The zero-order valence-electron chi connectivity index (χ0n) is 9.32. The van der Waals surface area contributed by atoms with Crippen LogP contribution < -0.4 is 0 Å². The molecule has 14 heavy (non-hydrogen) atoms. The molecule has 0 spiro atoms. The van der Waals surface area contributed by atoms with E-state index in [1.807, 2.05) is 51.5 Å². The number of nitrogens with zero attached hydrogens (tertiary/aromatic N) is 1. The number of carbonyl (C=O) groups excluding carboxylic acids is 1. The fraction of sp³-hybridized carbons (Fsp3) is 0.417. The lowest BCUT2D eigenvalue weighted by molar-refractivity contribution is -0.892. The van der Waals surface area contributed by atoms with Crippen LogP contribution in [0.25, 0.3) is 0 Å². The predicted molar refractivity (Wildman–Crippen MR) is 57.9 cm³/mol. The van der Waals surface area contributed by atoms with E-state index in [4.69, 9.17) is 0 Å². The summed E-state index contributed by atoms with van der Waals surface area (Å²) < 4.78 is 0.638. The molecule has 0 unspecified atom stereocenters. The van der Waals surface area contributed by atoms with Gasteiger partial charge in [0.05, 0.1) is 21.1 Å². The van der Waals surface area contributed by atoms with Crippen LogP contribution in [0.4, 0.5) is 0 Å². The Balaban J connectivity index is 3.08. The van der Waals surface area contributed by atoms with E-state index in [-0.39, 0.29) is 11.8 Å². The largest absolute Gasteiger partial charge is 0.318 e. The highest BCUT2D eigenvalue weighted by atomic mass is 16.1. The molecule has 0 aliphatic heterocycles. The van der Waals surface area contributed by atoms with Gasteiger partial charge in [0.25, 0.3) is 0 Å². The molecular formula is C12H18NO+. The summed E-state index contributed by atoms with van der Waals surface area (Å²) in [6.45, 7) is 1.65. The summed E-state index contributed by atoms with van der Waals surface area (Å²) in [6, 6.07) is 9.87. The Bertz CT molecular complexity index is 311. The van der Waals surface area contributed by atoms with Crippen molar-refractivity contribution in [2.75, 3.05) is 21.1 Å². The first-order valence-electron chi connectivity index (χ1n) is 4.79. The fourth-order valence-corrected chi connectivity index (χ4v) is 1.86. The molecule has 1 atom stereocenters. The van der Waals surface area contributed by atoms with Gasteiger partial charge in [-0.2, -0.15) is 0 Å². The van der Waals surface area contributed by atoms with Crippen LogP contribution in [-0.2, 0) is 4.79 Å². The normalized spacial score (nSPS) is 13.7. The number of likely N-dealkylation sites (N-methyl/N-ethyl adjacent to an activating group) is 1. The molecule has 0 radical (unpaired) electrons. The molecule has 1 rings (SSSR count). The third kappa shape index (κ3) is 2.42. The van der Waals surface area contributed by atoms with E-state index in [0.29, 0.717) is 4.48 Å². The Morgan fingerprint density at radius 1 is 1.14 bits per heavy atom. The number of hydrogen-bond acceptors (Lipinski definition) is 1. The number of Topliss-reactive ketones (excluding diaryl/α,β-unsaturated/α-hetero) is 1. The summed E-state index contributed by atoms with van der Waals surface area (Å²) in [4.78, 5) is 11.6. The van der Waals surface area contributed by atoms with E-state index in [2.05, 4.69) is 0 Å². The van der Waals surface area contributed by atoms with Crippen molar-refractivity contribution >= 4 is 5.78 Å². The SMILES string of the molecule is CC(=O)[C@@H](c1ccccc1)[N+](C)(C)C. The number of rotatable bonds is 3. The third-order valence-electron chi connectivity index (χ3n) is 2.27. The van der Waals surface area contributed by atoms with Gasteiger partial charge in [-0.25, -0.2) is 0 Å². The maximum Gasteiger partial charge on any atom is 0.191 e. The minimum absolute atomic E-state index is 0.0591. The van der Waals surface area contributed by atoms with E-state index in [9.17, 15) is 4.79 Å². The van der Waals surface area contributed by atoms with Crippen molar-refractivity contribution in [1.29, 1.82) is 0 Å². The minimum atomic E-state index is -0.0591. The molecule has 2 nitrogen and oxygen atoms in total. The average molecular weight is 192 g/mol. The van der Waals surface area contributed by atoms with Crippen molar-refractivity contribution in [1.82, 2.24) is 0 Å². The molecule has 0 fully saturated rings. The molecule has 0 N–H and O–H groups in total. The lowest BCUT2D eigenvalue weighted by Gasteiger charge is -2.32. The van der Waals surface area contributed by atoms with Gasteiger partial charge in [0.15, 0.2) is 11.8 Å². The number of benzene rings is 1. The van der Waals surface area contributed by atoms with Gasteiger partial charge in [0, 0.05) is 12.5 Å². The van der Waals surface area contributed by atoms with E-state index in [1.54, 1.807) is 6.92 Å². The van der Waals surface area contributed by atoms with Crippen molar-refractivity contribution in [3.05, 3.63) is 35.9 Å². The zero-order valence-corrected chi connectivity index (χ0v) is 9.32. The quantitative estimate of drug-likeness (QED) is 0.670. The Hall–Kier alpha value is -1.15. The van der Waals surface area contributed by atoms with E-state index < -0.39 is 0 Å². The van der Waals surface area contributed by atoms with Crippen molar-refractivity contribution in [2.45, 2.75) is 13.0 Å². The second kappa shape index (κ2) is 3.93. The van der Waals surface area contributed by atoms with Crippen LogP contribution in [0.3, 0.4) is 0 Å². The van der Waals surface area contributed by atoms with Crippen molar-refractivity contribution in [2.24, 2.45) is 0 Å².